The number of aromatic nitrogens is 5. The number of aryl methyl sites for hydroxylation is 1. The molecule has 2 aromatic heterocycles. The van der Waals surface area contributed by atoms with E-state index in [2.05, 4.69) is 44.0 Å². The summed E-state index contributed by atoms with van der Waals surface area (Å²) in [7, 11) is 0. The van der Waals surface area contributed by atoms with E-state index < -0.39 is 0 Å². The van der Waals surface area contributed by atoms with Gasteiger partial charge in [-0.05, 0) is 53.5 Å². The van der Waals surface area contributed by atoms with E-state index in [4.69, 9.17) is 0 Å². The maximum absolute atomic E-state index is 13.0. The molecule has 7 nitrogen and oxygen atoms in total. The SMILES string of the molecule is O=C(N[C@H]1CCCc2c1[nH]c1ccccc21)c1ccccc1-n1cnnn1. The number of fused-ring (bicyclic) bond motifs is 3. The molecule has 0 fully saturated rings. The first kappa shape index (κ1) is 15.7. The van der Waals surface area contributed by atoms with Crippen LogP contribution >= 0.6 is 0 Å². The molecule has 0 bridgehead atoms. The van der Waals surface area contributed by atoms with Gasteiger partial charge in [-0.25, -0.2) is 0 Å². The van der Waals surface area contributed by atoms with Crippen molar-refractivity contribution < 1.29 is 4.79 Å². The van der Waals surface area contributed by atoms with Gasteiger partial charge in [0.25, 0.3) is 5.91 Å². The molecule has 2 heterocycles. The van der Waals surface area contributed by atoms with Crippen LogP contribution in [0.25, 0.3) is 16.6 Å². The number of rotatable bonds is 3. The van der Waals surface area contributed by atoms with E-state index in [0.717, 1.165) is 30.5 Å². The van der Waals surface area contributed by atoms with Gasteiger partial charge in [0.15, 0.2) is 0 Å². The Bertz CT molecular complexity index is 1110. The summed E-state index contributed by atoms with van der Waals surface area (Å²) >= 11 is 0. The molecule has 0 radical (unpaired) electrons. The van der Waals surface area contributed by atoms with Gasteiger partial charge in [0.1, 0.15) is 6.33 Å². The average molecular weight is 358 g/mol. The van der Waals surface area contributed by atoms with Crippen LogP contribution in [0.2, 0.25) is 0 Å². The first-order valence-corrected chi connectivity index (χ1v) is 9.04. The van der Waals surface area contributed by atoms with Crippen LogP contribution in [0, 0.1) is 0 Å². The van der Waals surface area contributed by atoms with E-state index in [-0.39, 0.29) is 11.9 Å². The number of H-pyrrole nitrogens is 1. The van der Waals surface area contributed by atoms with E-state index in [9.17, 15) is 4.79 Å². The third-order valence-electron chi connectivity index (χ3n) is 5.16. The van der Waals surface area contributed by atoms with Crippen LogP contribution in [0.3, 0.4) is 0 Å². The molecule has 2 aromatic carbocycles. The zero-order valence-electron chi connectivity index (χ0n) is 14.6. The Morgan fingerprint density at radius 2 is 2.00 bits per heavy atom. The Hall–Kier alpha value is -3.48. The zero-order chi connectivity index (χ0) is 18.2. The summed E-state index contributed by atoms with van der Waals surface area (Å²) < 4.78 is 1.50. The number of nitrogens with one attached hydrogen (secondary N) is 2. The highest BCUT2D eigenvalue weighted by molar-refractivity contribution is 5.98. The lowest BCUT2D eigenvalue weighted by molar-refractivity contribution is 0.0932. The van der Waals surface area contributed by atoms with Crippen LogP contribution in [0.15, 0.2) is 54.9 Å². The molecule has 1 aliphatic rings. The number of amides is 1. The van der Waals surface area contributed by atoms with Gasteiger partial charge in [-0.2, -0.15) is 4.68 Å². The van der Waals surface area contributed by atoms with Crippen molar-refractivity contribution in [2.24, 2.45) is 0 Å². The number of benzene rings is 2. The highest BCUT2D eigenvalue weighted by Crippen LogP contribution is 2.34. The molecule has 0 saturated carbocycles. The zero-order valence-corrected chi connectivity index (χ0v) is 14.6. The molecule has 0 aliphatic heterocycles. The van der Waals surface area contributed by atoms with Gasteiger partial charge in [0, 0.05) is 16.6 Å². The molecule has 0 spiro atoms. The third-order valence-corrected chi connectivity index (χ3v) is 5.16. The summed E-state index contributed by atoms with van der Waals surface area (Å²) in [6.07, 6.45) is 4.49. The monoisotopic (exact) mass is 358 g/mol. The molecule has 134 valence electrons. The fourth-order valence-corrected chi connectivity index (χ4v) is 3.93. The van der Waals surface area contributed by atoms with E-state index in [0.29, 0.717) is 11.3 Å². The lowest BCUT2D eigenvalue weighted by Crippen LogP contribution is -2.31. The average Bonchev–Trinajstić information content (AvgIpc) is 3.36. The van der Waals surface area contributed by atoms with E-state index >= 15 is 0 Å². The minimum atomic E-state index is -0.127. The van der Waals surface area contributed by atoms with Crippen molar-refractivity contribution in [1.82, 2.24) is 30.5 Å². The van der Waals surface area contributed by atoms with Crippen molar-refractivity contribution in [1.29, 1.82) is 0 Å². The predicted octanol–water partition coefficient (Wildman–Crippen LogP) is 2.95. The number of carbonyl (C=O) groups excluding carboxylic acids is 1. The molecule has 0 unspecified atom stereocenters. The van der Waals surface area contributed by atoms with Crippen LogP contribution in [-0.2, 0) is 6.42 Å². The van der Waals surface area contributed by atoms with Crippen molar-refractivity contribution in [2.45, 2.75) is 25.3 Å². The standard InChI is InChI=1S/C20H18N6O/c27-20(15-7-2-4-11-18(15)26-12-21-24-25-26)23-17-10-5-8-14-13-6-1-3-9-16(13)22-19(14)17/h1-4,6-7,9,11-12,17,22H,5,8,10H2,(H,23,27)/t17-/m0/s1. The van der Waals surface area contributed by atoms with E-state index in [1.54, 1.807) is 6.07 Å². The topological polar surface area (TPSA) is 88.5 Å². The molecule has 1 amide bonds. The Balaban J connectivity index is 1.48. The Morgan fingerprint density at radius 3 is 2.89 bits per heavy atom. The summed E-state index contributed by atoms with van der Waals surface area (Å²) in [5.41, 5.74) is 4.77. The highest BCUT2D eigenvalue weighted by Gasteiger charge is 2.26. The van der Waals surface area contributed by atoms with Crippen LogP contribution in [0.5, 0.6) is 0 Å². The van der Waals surface area contributed by atoms with Gasteiger partial charge in [-0.15, -0.1) is 5.10 Å². The fraction of sp³-hybridized carbons (Fsp3) is 0.200. The lowest BCUT2D eigenvalue weighted by atomic mass is 9.91. The third kappa shape index (κ3) is 2.68. The van der Waals surface area contributed by atoms with Gasteiger partial charge in [-0.3, -0.25) is 4.79 Å². The molecular weight excluding hydrogens is 340 g/mol. The summed E-state index contributed by atoms with van der Waals surface area (Å²) in [5.74, 6) is -0.127. The molecule has 4 aromatic rings. The van der Waals surface area contributed by atoms with Crippen LogP contribution < -0.4 is 5.32 Å². The number of hydrogen-bond donors (Lipinski definition) is 2. The maximum atomic E-state index is 13.0. The number of hydrogen-bond acceptors (Lipinski definition) is 4. The van der Waals surface area contributed by atoms with Crippen molar-refractivity contribution in [3.05, 3.63) is 71.7 Å². The summed E-state index contributed by atoms with van der Waals surface area (Å²) in [4.78, 5) is 16.6. The van der Waals surface area contributed by atoms with Gasteiger partial charge in [0.2, 0.25) is 0 Å². The van der Waals surface area contributed by atoms with Crippen molar-refractivity contribution >= 4 is 16.8 Å². The number of tetrazole rings is 1. The summed E-state index contributed by atoms with van der Waals surface area (Å²) in [5, 5.41) is 15.7. The summed E-state index contributed by atoms with van der Waals surface area (Å²) in [6.45, 7) is 0. The number of nitrogens with zero attached hydrogens (tertiary/aromatic N) is 4. The quantitative estimate of drug-likeness (QED) is 0.589. The molecule has 27 heavy (non-hydrogen) atoms. The minimum absolute atomic E-state index is 0.0319. The highest BCUT2D eigenvalue weighted by atomic mass is 16.1. The number of carbonyl (C=O) groups is 1. The molecule has 7 heteroatoms. The molecule has 0 saturated heterocycles. The molecule has 1 aliphatic carbocycles. The molecule has 2 N–H and O–H groups in total. The molecule has 5 rings (SSSR count). The van der Waals surface area contributed by atoms with Gasteiger partial charge in [0.05, 0.1) is 17.3 Å². The number of para-hydroxylation sites is 2. The second kappa shape index (κ2) is 6.35. The maximum Gasteiger partial charge on any atom is 0.254 e. The van der Waals surface area contributed by atoms with Gasteiger partial charge >= 0.3 is 0 Å². The van der Waals surface area contributed by atoms with Crippen molar-refractivity contribution in [3.63, 3.8) is 0 Å². The van der Waals surface area contributed by atoms with Crippen LogP contribution in [-0.4, -0.2) is 31.1 Å². The van der Waals surface area contributed by atoms with E-state index in [1.165, 1.54) is 22.0 Å². The van der Waals surface area contributed by atoms with Gasteiger partial charge in [-0.1, -0.05) is 30.3 Å². The van der Waals surface area contributed by atoms with E-state index in [1.807, 2.05) is 24.3 Å². The number of aromatic amines is 1. The first-order valence-electron chi connectivity index (χ1n) is 9.04. The van der Waals surface area contributed by atoms with Crippen LogP contribution in [0.1, 0.15) is 40.5 Å². The second-order valence-electron chi connectivity index (χ2n) is 6.75. The van der Waals surface area contributed by atoms with Crippen molar-refractivity contribution in [3.8, 4) is 5.69 Å². The second-order valence-corrected chi connectivity index (χ2v) is 6.75. The Kier molecular flexibility index (Phi) is 3.71. The smallest absolute Gasteiger partial charge is 0.254 e. The largest absolute Gasteiger partial charge is 0.356 e. The lowest BCUT2D eigenvalue weighted by Gasteiger charge is -2.24. The van der Waals surface area contributed by atoms with Crippen LogP contribution in [0.4, 0.5) is 0 Å². The van der Waals surface area contributed by atoms with Gasteiger partial charge < -0.3 is 10.3 Å². The minimum Gasteiger partial charge on any atom is -0.356 e. The molecule has 1 atom stereocenters. The predicted molar refractivity (Wildman–Crippen MR) is 101 cm³/mol. The summed E-state index contributed by atoms with van der Waals surface area (Å²) in [6, 6.07) is 15.6. The normalized spacial score (nSPS) is 16.2. The molecular formula is C20H18N6O. The Morgan fingerprint density at radius 1 is 1.15 bits per heavy atom. The Labute approximate surface area is 155 Å². The van der Waals surface area contributed by atoms with Crippen molar-refractivity contribution in [2.75, 3.05) is 0 Å². The fourth-order valence-electron chi connectivity index (χ4n) is 3.93. The first-order chi connectivity index (χ1) is 13.3.